The average Bonchev–Trinajstić information content (AvgIpc) is 3.26. The standard InChI is InChI=1S/C25H34N4O5/c1-7-29(19-9-10-28(14-19)24(31)34-25(4,5)6)21-11-18(12-22(17(21)3)33-16-30)20-13-23(32-8-2)27-15-26-20/h11-13,15-16,19H,7-10,14H2,1-6H3. The number of amides is 1. The van der Waals surface area contributed by atoms with Gasteiger partial charge in [0.2, 0.25) is 5.88 Å². The zero-order valence-corrected chi connectivity index (χ0v) is 20.8. The van der Waals surface area contributed by atoms with Crippen LogP contribution in [0, 0.1) is 6.92 Å². The molecule has 1 atom stereocenters. The van der Waals surface area contributed by atoms with E-state index < -0.39 is 5.60 Å². The quantitative estimate of drug-likeness (QED) is 0.529. The summed E-state index contributed by atoms with van der Waals surface area (Å²) in [5, 5.41) is 0. The number of rotatable bonds is 8. The lowest BCUT2D eigenvalue weighted by Gasteiger charge is -2.32. The number of carbonyl (C=O) groups excluding carboxylic acids is 2. The molecule has 2 aromatic rings. The monoisotopic (exact) mass is 470 g/mol. The zero-order chi connectivity index (χ0) is 24.9. The second-order valence-corrected chi connectivity index (χ2v) is 9.16. The second kappa shape index (κ2) is 10.7. The van der Waals surface area contributed by atoms with Crippen molar-refractivity contribution in [2.24, 2.45) is 0 Å². The van der Waals surface area contributed by atoms with E-state index in [-0.39, 0.29) is 12.1 Å². The van der Waals surface area contributed by atoms with Crippen LogP contribution in [0.25, 0.3) is 11.3 Å². The lowest BCUT2D eigenvalue weighted by atomic mass is 10.0. The third-order valence-electron chi connectivity index (χ3n) is 5.64. The first kappa shape index (κ1) is 25.3. The molecular weight excluding hydrogens is 436 g/mol. The smallest absolute Gasteiger partial charge is 0.410 e. The molecule has 9 heteroatoms. The third-order valence-corrected chi connectivity index (χ3v) is 5.64. The maximum Gasteiger partial charge on any atom is 0.410 e. The lowest BCUT2D eigenvalue weighted by Crippen LogP contribution is -2.40. The van der Waals surface area contributed by atoms with Crippen molar-refractivity contribution in [1.82, 2.24) is 14.9 Å². The van der Waals surface area contributed by atoms with Gasteiger partial charge in [0.15, 0.2) is 0 Å². The van der Waals surface area contributed by atoms with Gasteiger partial charge >= 0.3 is 6.09 Å². The van der Waals surface area contributed by atoms with Crippen LogP contribution < -0.4 is 14.4 Å². The highest BCUT2D eigenvalue weighted by Gasteiger charge is 2.33. The SMILES string of the molecule is CCOc1cc(-c2cc(OC=O)c(C)c(N(CC)C3CCN(C(=O)OC(C)(C)C)C3)c2)ncn1. The molecule has 3 rings (SSSR count). The Labute approximate surface area is 201 Å². The van der Waals surface area contributed by atoms with Gasteiger partial charge in [-0.2, -0.15) is 0 Å². The van der Waals surface area contributed by atoms with Gasteiger partial charge in [0, 0.05) is 48.6 Å². The summed E-state index contributed by atoms with van der Waals surface area (Å²) in [6.07, 6.45) is 1.96. The molecule has 0 N–H and O–H groups in total. The Morgan fingerprint density at radius 2 is 2.00 bits per heavy atom. The van der Waals surface area contributed by atoms with Crippen LogP contribution in [-0.4, -0.2) is 65.3 Å². The summed E-state index contributed by atoms with van der Waals surface area (Å²) >= 11 is 0. The summed E-state index contributed by atoms with van der Waals surface area (Å²) in [7, 11) is 0. The second-order valence-electron chi connectivity index (χ2n) is 9.16. The minimum Gasteiger partial charge on any atom is -0.478 e. The molecule has 1 amide bonds. The molecule has 0 radical (unpaired) electrons. The van der Waals surface area contributed by atoms with Crippen LogP contribution in [0.3, 0.4) is 0 Å². The van der Waals surface area contributed by atoms with E-state index in [4.69, 9.17) is 14.2 Å². The Kier molecular flexibility index (Phi) is 7.96. The third kappa shape index (κ3) is 5.95. The minimum atomic E-state index is -0.538. The predicted octanol–water partition coefficient (Wildman–Crippen LogP) is 4.22. The number of benzene rings is 1. The summed E-state index contributed by atoms with van der Waals surface area (Å²) in [5.41, 5.74) is 2.66. The Hall–Kier alpha value is -3.36. The van der Waals surface area contributed by atoms with Crippen LogP contribution >= 0.6 is 0 Å². The lowest BCUT2D eigenvalue weighted by molar-refractivity contribution is -0.120. The normalized spacial score (nSPS) is 15.7. The van der Waals surface area contributed by atoms with Gasteiger partial charge in [-0.1, -0.05) is 0 Å². The molecule has 1 aliphatic rings. The van der Waals surface area contributed by atoms with Gasteiger partial charge in [-0.05, 0) is 60.1 Å². The van der Waals surface area contributed by atoms with Crippen molar-refractivity contribution in [1.29, 1.82) is 0 Å². The van der Waals surface area contributed by atoms with E-state index >= 15 is 0 Å². The van der Waals surface area contributed by atoms with Gasteiger partial charge in [-0.3, -0.25) is 4.79 Å². The van der Waals surface area contributed by atoms with Crippen LogP contribution in [0.4, 0.5) is 10.5 Å². The van der Waals surface area contributed by atoms with Gasteiger partial charge in [0.05, 0.1) is 12.3 Å². The van der Waals surface area contributed by atoms with Crippen molar-refractivity contribution in [3.8, 4) is 22.9 Å². The van der Waals surface area contributed by atoms with E-state index in [0.29, 0.717) is 50.0 Å². The zero-order valence-electron chi connectivity index (χ0n) is 20.8. The van der Waals surface area contributed by atoms with Crippen LogP contribution in [0.15, 0.2) is 24.5 Å². The molecule has 0 saturated carbocycles. The van der Waals surface area contributed by atoms with Crippen molar-refractivity contribution in [3.05, 3.63) is 30.1 Å². The Balaban J connectivity index is 1.94. The van der Waals surface area contributed by atoms with Gasteiger partial charge in [-0.25, -0.2) is 14.8 Å². The number of aromatic nitrogens is 2. The van der Waals surface area contributed by atoms with Crippen molar-refractivity contribution < 1.29 is 23.8 Å². The molecule has 1 aliphatic heterocycles. The number of nitrogens with zero attached hydrogens (tertiary/aromatic N) is 4. The number of carbonyl (C=O) groups is 2. The number of ether oxygens (including phenoxy) is 3. The molecule has 2 heterocycles. The summed E-state index contributed by atoms with van der Waals surface area (Å²) in [6, 6.07) is 5.68. The Morgan fingerprint density at radius 1 is 1.24 bits per heavy atom. The number of hydrogen-bond donors (Lipinski definition) is 0. The topological polar surface area (TPSA) is 94.1 Å². The molecule has 1 aromatic carbocycles. The number of anilines is 1. The van der Waals surface area contributed by atoms with Gasteiger partial charge in [0.1, 0.15) is 17.7 Å². The van der Waals surface area contributed by atoms with E-state index in [9.17, 15) is 9.59 Å². The van der Waals surface area contributed by atoms with E-state index in [2.05, 4.69) is 21.8 Å². The average molecular weight is 471 g/mol. The summed E-state index contributed by atoms with van der Waals surface area (Å²) in [5.74, 6) is 0.933. The van der Waals surface area contributed by atoms with Gasteiger partial charge in [0.25, 0.3) is 6.47 Å². The van der Waals surface area contributed by atoms with Crippen LogP contribution in [0.5, 0.6) is 11.6 Å². The fraction of sp³-hybridized carbons (Fsp3) is 0.520. The van der Waals surface area contributed by atoms with Crippen molar-refractivity contribution in [2.45, 2.75) is 59.6 Å². The maximum atomic E-state index is 12.6. The fourth-order valence-electron chi connectivity index (χ4n) is 4.13. The van der Waals surface area contributed by atoms with Gasteiger partial charge in [-0.15, -0.1) is 0 Å². The molecule has 0 bridgehead atoms. The maximum absolute atomic E-state index is 12.6. The molecule has 9 nitrogen and oxygen atoms in total. The largest absolute Gasteiger partial charge is 0.478 e. The predicted molar refractivity (Wildman–Crippen MR) is 129 cm³/mol. The highest BCUT2D eigenvalue weighted by Crippen LogP contribution is 2.37. The van der Waals surface area contributed by atoms with Crippen LogP contribution in [0.1, 0.15) is 46.6 Å². The first-order chi connectivity index (χ1) is 16.2. The van der Waals surface area contributed by atoms with Crippen molar-refractivity contribution in [3.63, 3.8) is 0 Å². The number of likely N-dealkylation sites (N-methyl/N-ethyl adjacent to an activating group) is 1. The highest BCUT2D eigenvalue weighted by molar-refractivity contribution is 5.74. The van der Waals surface area contributed by atoms with Crippen LogP contribution in [-0.2, 0) is 9.53 Å². The highest BCUT2D eigenvalue weighted by atomic mass is 16.6. The first-order valence-electron chi connectivity index (χ1n) is 11.6. The molecule has 34 heavy (non-hydrogen) atoms. The molecular formula is C25H34N4O5. The fourth-order valence-corrected chi connectivity index (χ4v) is 4.13. The number of hydrogen-bond acceptors (Lipinski definition) is 8. The van der Waals surface area contributed by atoms with Crippen molar-refractivity contribution in [2.75, 3.05) is 31.1 Å². The van der Waals surface area contributed by atoms with E-state index in [1.54, 1.807) is 17.0 Å². The van der Waals surface area contributed by atoms with Crippen molar-refractivity contribution >= 4 is 18.3 Å². The van der Waals surface area contributed by atoms with Crippen LogP contribution in [0.2, 0.25) is 0 Å². The first-order valence-corrected chi connectivity index (χ1v) is 11.6. The molecule has 1 saturated heterocycles. The molecule has 1 unspecified atom stereocenters. The molecule has 1 fully saturated rings. The number of likely N-dealkylation sites (tertiary alicyclic amines) is 1. The molecule has 184 valence electrons. The minimum absolute atomic E-state index is 0.0972. The summed E-state index contributed by atoms with van der Waals surface area (Å²) in [4.78, 5) is 36.3. The molecule has 0 aliphatic carbocycles. The summed E-state index contributed by atoms with van der Waals surface area (Å²) < 4.78 is 16.4. The molecule has 1 aromatic heterocycles. The summed E-state index contributed by atoms with van der Waals surface area (Å²) in [6.45, 7) is 14.3. The Bertz CT molecular complexity index is 1020. The van der Waals surface area contributed by atoms with E-state index in [1.807, 2.05) is 40.7 Å². The van der Waals surface area contributed by atoms with E-state index in [1.165, 1.54) is 6.33 Å². The van der Waals surface area contributed by atoms with Gasteiger partial charge < -0.3 is 24.0 Å². The Morgan fingerprint density at radius 3 is 2.65 bits per heavy atom. The van der Waals surface area contributed by atoms with E-state index in [0.717, 1.165) is 23.2 Å². The molecule has 0 spiro atoms.